The summed E-state index contributed by atoms with van der Waals surface area (Å²) in [7, 11) is 1.26. The van der Waals surface area contributed by atoms with E-state index in [2.05, 4.69) is 13.8 Å². The first-order chi connectivity index (χ1) is 12.1. The fraction of sp³-hybridized carbons (Fsp3) is 0.381. The zero-order valence-corrected chi connectivity index (χ0v) is 15.0. The second-order valence-corrected chi connectivity index (χ2v) is 6.22. The lowest BCUT2D eigenvalue weighted by atomic mass is 9.81. The first-order valence-electron chi connectivity index (χ1n) is 8.57. The zero-order chi connectivity index (χ0) is 18.3. The molecule has 4 nitrogen and oxygen atoms in total. The van der Waals surface area contributed by atoms with Gasteiger partial charge in [-0.3, -0.25) is 0 Å². The number of aliphatic hydroxyl groups excluding tert-OH is 1. The molecule has 0 unspecified atom stereocenters. The van der Waals surface area contributed by atoms with Gasteiger partial charge in [-0.15, -0.1) is 0 Å². The summed E-state index contributed by atoms with van der Waals surface area (Å²) in [6.45, 7) is 4.57. The molecule has 0 radical (unpaired) electrons. The summed E-state index contributed by atoms with van der Waals surface area (Å²) >= 11 is 0. The number of benzene rings is 2. The molecule has 0 saturated heterocycles. The van der Waals surface area contributed by atoms with Crippen molar-refractivity contribution in [1.29, 1.82) is 0 Å². The molecule has 2 rings (SSSR count). The highest BCUT2D eigenvalue weighted by molar-refractivity contribution is 5.77. The minimum Gasteiger partial charge on any atom is -0.467 e. The normalized spacial score (nSPS) is 13.9. The molecule has 2 atom stereocenters. The minimum absolute atomic E-state index is 0.289. The van der Waals surface area contributed by atoms with Gasteiger partial charge in [0.2, 0.25) is 0 Å². The molecule has 0 aliphatic rings. The summed E-state index contributed by atoms with van der Waals surface area (Å²) in [6, 6.07) is 18.7. The lowest BCUT2D eigenvalue weighted by molar-refractivity contribution is -0.172. The molecule has 0 aromatic heterocycles. The molecule has 4 heteroatoms. The van der Waals surface area contributed by atoms with Gasteiger partial charge in [-0.1, -0.05) is 80.9 Å². The van der Waals surface area contributed by atoms with Crippen molar-refractivity contribution >= 4 is 5.97 Å². The number of hydrogen-bond donors (Lipinski definition) is 1. The fourth-order valence-corrected chi connectivity index (χ4v) is 2.77. The van der Waals surface area contributed by atoms with Gasteiger partial charge in [0.05, 0.1) is 13.7 Å². The minimum atomic E-state index is -1.48. The van der Waals surface area contributed by atoms with Gasteiger partial charge in [0.25, 0.3) is 0 Å². The third kappa shape index (κ3) is 4.09. The Morgan fingerprint density at radius 2 is 1.52 bits per heavy atom. The number of hydrogen-bond acceptors (Lipinski definition) is 4. The van der Waals surface area contributed by atoms with Gasteiger partial charge in [-0.25, -0.2) is 4.79 Å². The summed E-state index contributed by atoms with van der Waals surface area (Å²) < 4.78 is 11.1. The van der Waals surface area contributed by atoms with Crippen LogP contribution < -0.4 is 0 Å². The Kier molecular flexibility index (Phi) is 6.73. The van der Waals surface area contributed by atoms with E-state index in [4.69, 9.17) is 9.47 Å². The Balaban J connectivity index is 2.62. The van der Waals surface area contributed by atoms with Crippen LogP contribution in [0.5, 0.6) is 0 Å². The number of carbonyl (C=O) groups excluding carboxylic acids is 1. The maximum absolute atomic E-state index is 12.3. The van der Waals surface area contributed by atoms with E-state index in [1.54, 1.807) is 0 Å². The van der Waals surface area contributed by atoms with Crippen LogP contribution in [0.4, 0.5) is 0 Å². The SMILES string of the molecule is CC[C@@H](C)COC(c1ccccc1)(c1ccccc1)[C@H](O)C(=O)OC. The number of aliphatic hydroxyl groups is 1. The molecule has 0 aliphatic heterocycles. The van der Waals surface area contributed by atoms with E-state index < -0.39 is 17.7 Å². The van der Waals surface area contributed by atoms with Crippen molar-refractivity contribution in [3.63, 3.8) is 0 Å². The van der Waals surface area contributed by atoms with Gasteiger partial charge < -0.3 is 14.6 Å². The van der Waals surface area contributed by atoms with Crippen molar-refractivity contribution < 1.29 is 19.4 Å². The highest BCUT2D eigenvalue weighted by Crippen LogP contribution is 2.38. The molecule has 1 N–H and O–H groups in total. The van der Waals surface area contributed by atoms with Gasteiger partial charge in [-0.2, -0.15) is 0 Å². The average Bonchev–Trinajstić information content (AvgIpc) is 2.69. The molecule has 25 heavy (non-hydrogen) atoms. The largest absolute Gasteiger partial charge is 0.467 e. The molecule has 0 bridgehead atoms. The summed E-state index contributed by atoms with van der Waals surface area (Å²) in [5.74, 6) is -0.437. The van der Waals surface area contributed by atoms with Crippen molar-refractivity contribution in [3.8, 4) is 0 Å². The molecular formula is C21H26O4. The Morgan fingerprint density at radius 3 is 1.92 bits per heavy atom. The van der Waals surface area contributed by atoms with E-state index in [1.807, 2.05) is 60.7 Å². The Bertz CT molecular complexity index is 615. The summed E-state index contributed by atoms with van der Waals surface area (Å²) in [5, 5.41) is 10.9. The third-order valence-electron chi connectivity index (χ3n) is 4.51. The van der Waals surface area contributed by atoms with Gasteiger partial charge in [-0.05, 0) is 17.0 Å². The molecule has 2 aromatic carbocycles. The summed E-state index contributed by atoms with van der Waals surface area (Å²) in [5.41, 5.74) is 0.101. The molecule has 0 amide bonds. The lowest BCUT2D eigenvalue weighted by Gasteiger charge is -2.38. The third-order valence-corrected chi connectivity index (χ3v) is 4.51. The molecule has 2 aromatic rings. The molecule has 0 saturated carbocycles. The maximum Gasteiger partial charge on any atom is 0.338 e. The quantitative estimate of drug-likeness (QED) is 0.746. The second-order valence-electron chi connectivity index (χ2n) is 6.22. The van der Waals surface area contributed by atoms with Crippen LogP contribution in [0, 0.1) is 5.92 Å². The Hall–Kier alpha value is -2.17. The van der Waals surface area contributed by atoms with Crippen LogP contribution in [-0.2, 0) is 19.9 Å². The van der Waals surface area contributed by atoms with Crippen molar-refractivity contribution in [2.75, 3.05) is 13.7 Å². The van der Waals surface area contributed by atoms with E-state index in [1.165, 1.54) is 7.11 Å². The zero-order valence-electron chi connectivity index (χ0n) is 15.0. The van der Waals surface area contributed by atoms with Crippen LogP contribution in [0.2, 0.25) is 0 Å². The average molecular weight is 342 g/mol. The van der Waals surface area contributed by atoms with Crippen LogP contribution in [0.15, 0.2) is 60.7 Å². The van der Waals surface area contributed by atoms with Crippen LogP contribution in [-0.4, -0.2) is 30.9 Å². The van der Waals surface area contributed by atoms with E-state index >= 15 is 0 Å². The summed E-state index contributed by atoms with van der Waals surface area (Å²) in [4.78, 5) is 12.3. The van der Waals surface area contributed by atoms with E-state index in [0.717, 1.165) is 6.42 Å². The Labute approximate surface area is 149 Å². The molecule has 0 fully saturated rings. The highest BCUT2D eigenvalue weighted by atomic mass is 16.6. The molecule has 0 aliphatic carbocycles. The Morgan fingerprint density at radius 1 is 1.04 bits per heavy atom. The van der Waals surface area contributed by atoms with Crippen LogP contribution >= 0.6 is 0 Å². The smallest absolute Gasteiger partial charge is 0.338 e. The molecule has 0 heterocycles. The van der Waals surface area contributed by atoms with Gasteiger partial charge >= 0.3 is 5.97 Å². The van der Waals surface area contributed by atoms with Crippen LogP contribution in [0.25, 0.3) is 0 Å². The maximum atomic E-state index is 12.3. The number of rotatable bonds is 8. The molecule has 0 spiro atoms. The first-order valence-corrected chi connectivity index (χ1v) is 8.57. The number of ether oxygens (including phenoxy) is 2. The van der Waals surface area contributed by atoms with Crippen LogP contribution in [0.1, 0.15) is 31.4 Å². The van der Waals surface area contributed by atoms with E-state index in [-0.39, 0.29) is 5.92 Å². The van der Waals surface area contributed by atoms with Crippen molar-refractivity contribution in [1.82, 2.24) is 0 Å². The molecular weight excluding hydrogens is 316 g/mol. The monoisotopic (exact) mass is 342 g/mol. The van der Waals surface area contributed by atoms with Gasteiger partial charge in [0.1, 0.15) is 0 Å². The number of esters is 1. The number of carbonyl (C=O) groups is 1. The standard InChI is InChI=1S/C21H26O4/c1-4-16(2)15-25-21(19(22)20(23)24-3,17-11-7-5-8-12-17)18-13-9-6-10-14-18/h5-14,16,19,22H,4,15H2,1-3H3/t16-,19-/m1/s1. The van der Waals surface area contributed by atoms with Crippen molar-refractivity contribution in [2.24, 2.45) is 5.92 Å². The van der Waals surface area contributed by atoms with Crippen molar-refractivity contribution in [3.05, 3.63) is 71.8 Å². The fourth-order valence-electron chi connectivity index (χ4n) is 2.77. The van der Waals surface area contributed by atoms with Crippen molar-refractivity contribution in [2.45, 2.75) is 32.0 Å². The summed E-state index contributed by atoms with van der Waals surface area (Å²) in [6.07, 6.45) is -0.542. The predicted molar refractivity (Wildman–Crippen MR) is 97.1 cm³/mol. The molecule has 134 valence electrons. The van der Waals surface area contributed by atoms with Crippen LogP contribution in [0.3, 0.4) is 0 Å². The topological polar surface area (TPSA) is 55.8 Å². The first kappa shape index (κ1) is 19.2. The van der Waals surface area contributed by atoms with E-state index in [0.29, 0.717) is 17.7 Å². The van der Waals surface area contributed by atoms with E-state index in [9.17, 15) is 9.90 Å². The van der Waals surface area contributed by atoms with Gasteiger partial charge in [0, 0.05) is 0 Å². The second kappa shape index (κ2) is 8.79. The number of methoxy groups -OCH3 is 1. The van der Waals surface area contributed by atoms with Gasteiger partial charge in [0.15, 0.2) is 11.7 Å². The lowest BCUT2D eigenvalue weighted by Crippen LogP contribution is -2.49. The predicted octanol–water partition coefficient (Wildman–Crippen LogP) is 3.53. The highest BCUT2D eigenvalue weighted by Gasteiger charge is 2.47.